The molecular weight excluding hydrogens is 240 g/mol. The molecule has 2 atom stereocenters. The molecule has 2 unspecified atom stereocenters. The van der Waals surface area contributed by atoms with E-state index in [2.05, 4.69) is 20.8 Å². The van der Waals surface area contributed by atoms with Gasteiger partial charge in [-0.25, -0.2) is 0 Å². The minimum absolute atomic E-state index is 0.0769. The molecule has 19 heavy (non-hydrogen) atoms. The molecule has 3 nitrogen and oxygen atoms in total. The standard InChI is InChI=1S/C16H30O3/c1-4-16(2,3)10-6-9-15(18)19-12-13-7-5-8-14(17)11-13/h13-14,17H,4-12H2,1-3H3. The van der Waals surface area contributed by atoms with Crippen molar-refractivity contribution in [2.24, 2.45) is 11.3 Å². The number of rotatable bonds is 7. The van der Waals surface area contributed by atoms with Crippen molar-refractivity contribution in [1.82, 2.24) is 0 Å². The van der Waals surface area contributed by atoms with Crippen molar-refractivity contribution in [1.29, 1.82) is 0 Å². The van der Waals surface area contributed by atoms with Crippen LogP contribution in [0.2, 0.25) is 0 Å². The molecule has 1 rings (SSSR count). The summed E-state index contributed by atoms with van der Waals surface area (Å²) in [7, 11) is 0. The topological polar surface area (TPSA) is 46.5 Å². The van der Waals surface area contributed by atoms with Gasteiger partial charge in [-0.05, 0) is 43.4 Å². The smallest absolute Gasteiger partial charge is 0.305 e. The molecule has 0 saturated heterocycles. The minimum atomic E-state index is -0.192. The number of ether oxygens (including phenoxy) is 1. The molecule has 3 heteroatoms. The Bertz CT molecular complexity index is 273. The first-order valence-electron chi connectivity index (χ1n) is 7.76. The van der Waals surface area contributed by atoms with Gasteiger partial charge >= 0.3 is 5.97 Å². The first-order chi connectivity index (χ1) is 8.93. The maximum atomic E-state index is 11.7. The number of hydrogen-bond acceptors (Lipinski definition) is 3. The summed E-state index contributed by atoms with van der Waals surface area (Å²) in [6.45, 7) is 7.16. The van der Waals surface area contributed by atoms with Crippen molar-refractivity contribution in [3.63, 3.8) is 0 Å². The van der Waals surface area contributed by atoms with E-state index in [4.69, 9.17) is 4.74 Å². The number of aliphatic hydroxyl groups excluding tert-OH is 1. The van der Waals surface area contributed by atoms with Crippen molar-refractivity contribution in [3.8, 4) is 0 Å². The van der Waals surface area contributed by atoms with Gasteiger partial charge in [0.25, 0.3) is 0 Å². The molecule has 1 fully saturated rings. The molecule has 0 aromatic heterocycles. The molecule has 0 aliphatic heterocycles. The van der Waals surface area contributed by atoms with Crippen LogP contribution in [0.5, 0.6) is 0 Å². The summed E-state index contributed by atoms with van der Waals surface area (Å²) in [4.78, 5) is 11.7. The molecule has 112 valence electrons. The highest BCUT2D eigenvalue weighted by atomic mass is 16.5. The van der Waals surface area contributed by atoms with Crippen LogP contribution in [0.3, 0.4) is 0 Å². The molecule has 0 aromatic rings. The summed E-state index contributed by atoms with van der Waals surface area (Å²) in [5.74, 6) is 0.284. The van der Waals surface area contributed by atoms with Crippen LogP contribution in [0.4, 0.5) is 0 Å². The molecule has 0 bridgehead atoms. The predicted molar refractivity (Wildman–Crippen MR) is 76.8 cm³/mol. The lowest BCUT2D eigenvalue weighted by atomic mass is 9.85. The minimum Gasteiger partial charge on any atom is -0.465 e. The number of aliphatic hydroxyl groups is 1. The van der Waals surface area contributed by atoms with Crippen LogP contribution >= 0.6 is 0 Å². The second-order valence-electron chi connectivity index (χ2n) is 6.74. The van der Waals surface area contributed by atoms with Crippen LogP contribution in [0, 0.1) is 11.3 Å². The maximum absolute atomic E-state index is 11.7. The van der Waals surface area contributed by atoms with Crippen molar-refractivity contribution in [2.45, 2.75) is 78.2 Å². The lowest BCUT2D eigenvalue weighted by Crippen LogP contribution is -2.24. The van der Waals surface area contributed by atoms with E-state index in [0.29, 0.717) is 24.4 Å². The third-order valence-corrected chi connectivity index (χ3v) is 4.43. The first kappa shape index (κ1) is 16.5. The van der Waals surface area contributed by atoms with Crippen molar-refractivity contribution < 1.29 is 14.6 Å². The Morgan fingerprint density at radius 1 is 1.37 bits per heavy atom. The maximum Gasteiger partial charge on any atom is 0.305 e. The number of carbonyl (C=O) groups excluding carboxylic acids is 1. The Labute approximate surface area is 117 Å². The molecule has 1 N–H and O–H groups in total. The summed E-state index contributed by atoms with van der Waals surface area (Å²) in [5, 5.41) is 9.56. The molecule has 0 spiro atoms. The van der Waals surface area contributed by atoms with E-state index in [1.165, 1.54) is 0 Å². The van der Waals surface area contributed by atoms with Gasteiger partial charge in [-0.2, -0.15) is 0 Å². The van der Waals surface area contributed by atoms with Gasteiger partial charge in [0.1, 0.15) is 0 Å². The highest BCUT2D eigenvalue weighted by Crippen LogP contribution is 2.27. The van der Waals surface area contributed by atoms with Gasteiger partial charge in [0.15, 0.2) is 0 Å². The Morgan fingerprint density at radius 3 is 2.74 bits per heavy atom. The van der Waals surface area contributed by atoms with Crippen LogP contribution in [0.15, 0.2) is 0 Å². The lowest BCUT2D eigenvalue weighted by molar-refractivity contribution is -0.146. The molecule has 1 aliphatic rings. The van der Waals surface area contributed by atoms with E-state index in [-0.39, 0.29) is 12.1 Å². The molecule has 0 amide bonds. The zero-order valence-electron chi connectivity index (χ0n) is 12.8. The van der Waals surface area contributed by atoms with E-state index in [0.717, 1.165) is 44.9 Å². The quantitative estimate of drug-likeness (QED) is 0.718. The Kier molecular flexibility index (Phi) is 6.84. The second-order valence-corrected chi connectivity index (χ2v) is 6.74. The van der Waals surface area contributed by atoms with E-state index >= 15 is 0 Å². The van der Waals surface area contributed by atoms with Crippen molar-refractivity contribution in [2.75, 3.05) is 6.61 Å². The SMILES string of the molecule is CCC(C)(C)CCCC(=O)OCC1CCCC(O)C1. The van der Waals surface area contributed by atoms with Crippen LogP contribution in [0.25, 0.3) is 0 Å². The molecular formula is C16H30O3. The van der Waals surface area contributed by atoms with Crippen LogP contribution in [0.1, 0.15) is 72.1 Å². The van der Waals surface area contributed by atoms with Gasteiger partial charge < -0.3 is 9.84 Å². The van der Waals surface area contributed by atoms with Gasteiger partial charge in [0.2, 0.25) is 0 Å². The molecule has 1 saturated carbocycles. The predicted octanol–water partition coefficient (Wildman–Crippen LogP) is 3.69. The van der Waals surface area contributed by atoms with Crippen LogP contribution < -0.4 is 0 Å². The summed E-state index contributed by atoms with van der Waals surface area (Å²) in [6.07, 6.45) is 7.27. The summed E-state index contributed by atoms with van der Waals surface area (Å²) in [6, 6.07) is 0. The van der Waals surface area contributed by atoms with Gasteiger partial charge in [-0.3, -0.25) is 4.79 Å². The lowest BCUT2D eigenvalue weighted by Gasteiger charge is -2.25. The average molecular weight is 270 g/mol. The number of hydrogen-bond donors (Lipinski definition) is 1. The monoisotopic (exact) mass is 270 g/mol. The summed E-state index contributed by atoms with van der Waals surface area (Å²) < 4.78 is 5.33. The van der Waals surface area contributed by atoms with Crippen LogP contribution in [-0.4, -0.2) is 23.8 Å². The average Bonchev–Trinajstić information content (AvgIpc) is 2.36. The number of carbonyl (C=O) groups is 1. The fourth-order valence-corrected chi connectivity index (χ4v) is 2.59. The molecule has 0 heterocycles. The third-order valence-electron chi connectivity index (χ3n) is 4.43. The molecule has 0 aromatic carbocycles. The van der Waals surface area contributed by atoms with E-state index < -0.39 is 0 Å². The van der Waals surface area contributed by atoms with Crippen molar-refractivity contribution >= 4 is 5.97 Å². The molecule has 0 radical (unpaired) electrons. The Morgan fingerprint density at radius 2 is 2.11 bits per heavy atom. The fraction of sp³-hybridized carbons (Fsp3) is 0.938. The van der Waals surface area contributed by atoms with Crippen LogP contribution in [-0.2, 0) is 9.53 Å². The van der Waals surface area contributed by atoms with Gasteiger partial charge in [0, 0.05) is 6.42 Å². The van der Waals surface area contributed by atoms with E-state index in [1.807, 2.05) is 0 Å². The van der Waals surface area contributed by atoms with Crippen molar-refractivity contribution in [3.05, 3.63) is 0 Å². The summed E-state index contributed by atoms with van der Waals surface area (Å²) >= 11 is 0. The third kappa shape index (κ3) is 6.95. The second kappa shape index (κ2) is 7.88. The van der Waals surface area contributed by atoms with E-state index in [1.54, 1.807) is 0 Å². The van der Waals surface area contributed by atoms with E-state index in [9.17, 15) is 9.90 Å². The normalized spacial score (nSPS) is 24.2. The number of esters is 1. The first-order valence-corrected chi connectivity index (χ1v) is 7.76. The molecule has 1 aliphatic carbocycles. The summed E-state index contributed by atoms with van der Waals surface area (Å²) in [5.41, 5.74) is 0.327. The van der Waals surface area contributed by atoms with Gasteiger partial charge in [-0.1, -0.05) is 33.6 Å². The highest BCUT2D eigenvalue weighted by molar-refractivity contribution is 5.69. The highest BCUT2D eigenvalue weighted by Gasteiger charge is 2.21. The Hall–Kier alpha value is -0.570. The largest absolute Gasteiger partial charge is 0.465 e. The zero-order valence-corrected chi connectivity index (χ0v) is 12.8. The van der Waals surface area contributed by atoms with Gasteiger partial charge in [-0.15, -0.1) is 0 Å². The fourth-order valence-electron chi connectivity index (χ4n) is 2.59. The Balaban J connectivity index is 2.11. The van der Waals surface area contributed by atoms with Gasteiger partial charge in [0.05, 0.1) is 12.7 Å². The zero-order chi connectivity index (χ0) is 14.3.